The summed E-state index contributed by atoms with van der Waals surface area (Å²) in [6.07, 6.45) is 1.07. The van der Waals surface area contributed by atoms with Crippen LogP contribution in [0.4, 0.5) is 0 Å². The number of hydrogen-bond donors (Lipinski definition) is 2. The molecule has 6 nitrogen and oxygen atoms in total. The van der Waals surface area contributed by atoms with Gasteiger partial charge in [0.15, 0.2) is 5.84 Å². The van der Waals surface area contributed by atoms with Gasteiger partial charge in [-0.25, -0.2) is 0 Å². The molecule has 0 radical (unpaired) electrons. The van der Waals surface area contributed by atoms with E-state index in [1.165, 1.54) is 7.11 Å². The zero-order valence-corrected chi connectivity index (χ0v) is 10.8. The predicted octanol–water partition coefficient (Wildman–Crippen LogP) is 1.10. The van der Waals surface area contributed by atoms with Gasteiger partial charge >= 0.3 is 0 Å². The molecule has 1 aromatic carbocycles. The second-order valence-electron chi connectivity index (χ2n) is 4.32. The Morgan fingerprint density at radius 3 is 3.05 bits per heavy atom. The summed E-state index contributed by atoms with van der Waals surface area (Å²) in [6, 6.07) is 5.46. The van der Waals surface area contributed by atoms with Gasteiger partial charge in [-0.3, -0.25) is 0 Å². The average molecular weight is 266 g/mol. The molecule has 1 aliphatic rings. The van der Waals surface area contributed by atoms with Crippen LogP contribution in [-0.2, 0) is 16.1 Å². The van der Waals surface area contributed by atoms with Gasteiger partial charge in [0.2, 0.25) is 0 Å². The lowest BCUT2D eigenvalue weighted by atomic mass is 10.1. The third-order valence-electron chi connectivity index (χ3n) is 3.02. The first-order valence-electron chi connectivity index (χ1n) is 6.08. The molecule has 0 aliphatic carbocycles. The zero-order valence-electron chi connectivity index (χ0n) is 10.8. The molecule has 0 amide bonds. The highest BCUT2D eigenvalue weighted by molar-refractivity contribution is 5.99. The molecular formula is C13H18N2O4. The number of ether oxygens (including phenoxy) is 3. The monoisotopic (exact) mass is 266 g/mol. The fraction of sp³-hybridized carbons (Fsp3) is 0.462. The smallest absolute Gasteiger partial charge is 0.173 e. The topological polar surface area (TPSA) is 86.3 Å². The highest BCUT2D eigenvalue weighted by Gasteiger charge is 2.16. The summed E-state index contributed by atoms with van der Waals surface area (Å²) in [6.45, 7) is 1.86. The minimum Gasteiger partial charge on any atom is -0.496 e. The van der Waals surface area contributed by atoms with E-state index in [1.807, 2.05) is 6.07 Å². The van der Waals surface area contributed by atoms with Gasteiger partial charge in [-0.2, -0.15) is 0 Å². The molecule has 1 aliphatic heterocycles. The Morgan fingerprint density at radius 2 is 2.42 bits per heavy atom. The fourth-order valence-electron chi connectivity index (χ4n) is 1.96. The van der Waals surface area contributed by atoms with Gasteiger partial charge in [0, 0.05) is 6.61 Å². The van der Waals surface area contributed by atoms with E-state index in [9.17, 15) is 0 Å². The number of nitrogens with zero attached hydrogens (tertiary/aromatic N) is 1. The van der Waals surface area contributed by atoms with Gasteiger partial charge in [0.05, 0.1) is 32.0 Å². The number of amidine groups is 1. The average Bonchev–Trinajstić information content (AvgIpc) is 2.97. The maximum atomic E-state index is 8.76. The van der Waals surface area contributed by atoms with E-state index in [0.717, 1.165) is 18.6 Å². The lowest BCUT2D eigenvalue weighted by Crippen LogP contribution is -2.16. The Bertz CT molecular complexity index is 456. The minimum absolute atomic E-state index is 0.0166. The van der Waals surface area contributed by atoms with Gasteiger partial charge in [-0.05, 0) is 24.1 Å². The number of benzene rings is 1. The van der Waals surface area contributed by atoms with E-state index in [1.54, 1.807) is 12.1 Å². The number of rotatable bonds is 5. The van der Waals surface area contributed by atoms with Crippen molar-refractivity contribution >= 4 is 5.84 Å². The van der Waals surface area contributed by atoms with Crippen LogP contribution in [0.5, 0.6) is 5.75 Å². The van der Waals surface area contributed by atoms with Crippen LogP contribution in [0.25, 0.3) is 0 Å². The summed E-state index contributed by atoms with van der Waals surface area (Å²) >= 11 is 0. The number of oxime groups is 1. The van der Waals surface area contributed by atoms with Crippen LogP contribution < -0.4 is 10.5 Å². The molecule has 2 rings (SSSR count). The third kappa shape index (κ3) is 3.36. The molecule has 1 fully saturated rings. The van der Waals surface area contributed by atoms with E-state index >= 15 is 0 Å². The lowest BCUT2D eigenvalue weighted by Gasteiger charge is -2.12. The minimum atomic E-state index is 0.0166. The van der Waals surface area contributed by atoms with Gasteiger partial charge in [0.25, 0.3) is 0 Å². The molecule has 6 heteroatoms. The van der Waals surface area contributed by atoms with Gasteiger partial charge in [-0.1, -0.05) is 11.2 Å². The van der Waals surface area contributed by atoms with Crippen molar-refractivity contribution < 1.29 is 19.4 Å². The summed E-state index contributed by atoms with van der Waals surface area (Å²) < 4.78 is 16.1. The Kier molecular flexibility index (Phi) is 4.59. The van der Waals surface area contributed by atoms with Gasteiger partial charge in [0.1, 0.15) is 5.75 Å². The maximum Gasteiger partial charge on any atom is 0.173 e. The molecule has 3 N–H and O–H groups in total. The number of methoxy groups -OCH3 is 1. The van der Waals surface area contributed by atoms with Crippen molar-refractivity contribution in [2.24, 2.45) is 10.9 Å². The zero-order chi connectivity index (χ0) is 13.7. The van der Waals surface area contributed by atoms with Crippen molar-refractivity contribution in [2.45, 2.75) is 19.1 Å². The molecule has 1 heterocycles. The van der Waals surface area contributed by atoms with Crippen LogP contribution >= 0.6 is 0 Å². The highest BCUT2D eigenvalue weighted by atomic mass is 16.5. The first kappa shape index (κ1) is 13.6. The van der Waals surface area contributed by atoms with Crippen molar-refractivity contribution in [2.75, 3.05) is 20.3 Å². The summed E-state index contributed by atoms with van der Waals surface area (Å²) in [5.74, 6) is 0.575. The van der Waals surface area contributed by atoms with Crippen molar-refractivity contribution in [3.05, 3.63) is 29.3 Å². The molecule has 0 aromatic heterocycles. The lowest BCUT2D eigenvalue weighted by molar-refractivity contribution is 0.0317. The summed E-state index contributed by atoms with van der Waals surface area (Å²) in [4.78, 5) is 0. The molecule has 104 valence electrons. The van der Waals surface area contributed by atoms with E-state index in [4.69, 9.17) is 25.2 Å². The SMILES string of the molecule is COc1ccc(COC2CCOC2)cc1C(N)=NO. The van der Waals surface area contributed by atoms with Crippen LogP contribution in [0, 0.1) is 0 Å². The second kappa shape index (κ2) is 6.40. The Hall–Kier alpha value is -1.79. The molecule has 0 bridgehead atoms. The third-order valence-corrected chi connectivity index (χ3v) is 3.02. The number of hydrogen-bond acceptors (Lipinski definition) is 5. The predicted molar refractivity (Wildman–Crippen MR) is 69.5 cm³/mol. The van der Waals surface area contributed by atoms with Crippen LogP contribution in [0.3, 0.4) is 0 Å². The van der Waals surface area contributed by atoms with Crippen molar-refractivity contribution in [3.8, 4) is 5.75 Å². The standard InChI is InChI=1S/C13H18N2O4/c1-17-12-3-2-9(6-11(12)13(14)15-16)7-19-10-4-5-18-8-10/h2-3,6,10,16H,4-5,7-8H2,1H3,(H2,14,15). The van der Waals surface area contributed by atoms with Crippen molar-refractivity contribution in [1.29, 1.82) is 0 Å². The van der Waals surface area contributed by atoms with Crippen LogP contribution in [0.2, 0.25) is 0 Å². The summed E-state index contributed by atoms with van der Waals surface area (Å²) in [7, 11) is 1.54. The van der Waals surface area contributed by atoms with Gasteiger partial charge in [-0.15, -0.1) is 0 Å². The Labute approximate surface area is 111 Å². The van der Waals surface area contributed by atoms with E-state index in [-0.39, 0.29) is 11.9 Å². The van der Waals surface area contributed by atoms with Gasteiger partial charge < -0.3 is 25.2 Å². The Morgan fingerprint density at radius 1 is 1.58 bits per heavy atom. The van der Waals surface area contributed by atoms with Crippen LogP contribution in [-0.4, -0.2) is 37.5 Å². The van der Waals surface area contributed by atoms with Crippen molar-refractivity contribution in [3.63, 3.8) is 0 Å². The second-order valence-corrected chi connectivity index (χ2v) is 4.32. The number of nitrogens with two attached hydrogens (primary N) is 1. The van der Waals surface area contributed by atoms with Crippen LogP contribution in [0.15, 0.2) is 23.4 Å². The fourth-order valence-corrected chi connectivity index (χ4v) is 1.96. The quantitative estimate of drug-likeness (QED) is 0.360. The molecule has 1 unspecified atom stereocenters. The first-order valence-corrected chi connectivity index (χ1v) is 6.08. The van der Waals surface area contributed by atoms with E-state index < -0.39 is 0 Å². The van der Waals surface area contributed by atoms with Crippen LogP contribution in [0.1, 0.15) is 17.5 Å². The van der Waals surface area contributed by atoms with E-state index in [2.05, 4.69) is 5.16 Å². The normalized spacial score (nSPS) is 19.6. The maximum absolute atomic E-state index is 8.76. The molecular weight excluding hydrogens is 248 g/mol. The van der Waals surface area contributed by atoms with Crippen molar-refractivity contribution in [1.82, 2.24) is 0 Å². The molecule has 1 atom stereocenters. The molecule has 0 spiro atoms. The highest BCUT2D eigenvalue weighted by Crippen LogP contribution is 2.21. The molecule has 1 aromatic rings. The molecule has 0 saturated carbocycles. The first-order chi connectivity index (χ1) is 9.24. The summed E-state index contributed by atoms with van der Waals surface area (Å²) in [5.41, 5.74) is 7.11. The summed E-state index contributed by atoms with van der Waals surface area (Å²) in [5, 5.41) is 11.8. The van der Waals surface area contributed by atoms with E-state index in [0.29, 0.717) is 24.5 Å². The largest absolute Gasteiger partial charge is 0.496 e. The molecule has 1 saturated heterocycles. The molecule has 19 heavy (non-hydrogen) atoms. The Balaban J connectivity index is 2.08.